The summed E-state index contributed by atoms with van der Waals surface area (Å²) in [5.41, 5.74) is 0.305. The van der Waals surface area contributed by atoms with E-state index in [1.54, 1.807) is 0 Å². The molecular weight excluding hydrogens is 564 g/mol. The molecule has 0 heterocycles. The summed E-state index contributed by atoms with van der Waals surface area (Å²) in [5, 5.41) is 2.39. The standard InChI is InChI=1S/C21H17Cl3FN3O5S2/c1-34(30,31)28(14-7-10-18(25)17(23)11-14)12-20(29)26-13-5-8-15(9-6-13)35(32,33)27-19-4-2-3-16(22)21(19)24/h2-11,27H,12H2,1H3,(H,26,29). The van der Waals surface area contributed by atoms with Gasteiger partial charge in [-0.25, -0.2) is 21.2 Å². The minimum absolute atomic E-state index is 0.00115. The summed E-state index contributed by atoms with van der Waals surface area (Å²) in [6.45, 7) is -0.629. The first-order valence-corrected chi connectivity index (χ1v) is 14.0. The van der Waals surface area contributed by atoms with Crippen molar-refractivity contribution in [1.29, 1.82) is 0 Å². The topological polar surface area (TPSA) is 113 Å². The lowest BCUT2D eigenvalue weighted by atomic mass is 10.3. The van der Waals surface area contributed by atoms with Crippen LogP contribution in [0.5, 0.6) is 0 Å². The third-order valence-electron chi connectivity index (χ3n) is 4.52. The van der Waals surface area contributed by atoms with Gasteiger partial charge in [-0.05, 0) is 54.6 Å². The summed E-state index contributed by atoms with van der Waals surface area (Å²) in [4.78, 5) is 12.4. The van der Waals surface area contributed by atoms with Crippen LogP contribution in [0.15, 0.2) is 65.6 Å². The van der Waals surface area contributed by atoms with Gasteiger partial charge in [-0.3, -0.25) is 13.8 Å². The van der Waals surface area contributed by atoms with Crippen molar-refractivity contribution in [2.24, 2.45) is 0 Å². The average molecular weight is 581 g/mol. The van der Waals surface area contributed by atoms with Gasteiger partial charge in [0.2, 0.25) is 15.9 Å². The third-order valence-corrected chi connectivity index (χ3v) is 8.15. The molecule has 0 unspecified atom stereocenters. The Bertz CT molecular complexity index is 1480. The normalized spacial score (nSPS) is 11.7. The van der Waals surface area contributed by atoms with E-state index in [1.807, 2.05) is 0 Å². The summed E-state index contributed by atoms with van der Waals surface area (Å²) in [5.74, 6) is -1.47. The van der Waals surface area contributed by atoms with E-state index in [0.29, 0.717) is 0 Å². The first-order chi connectivity index (χ1) is 16.3. The van der Waals surface area contributed by atoms with Gasteiger partial charge in [0.1, 0.15) is 12.4 Å². The van der Waals surface area contributed by atoms with E-state index in [1.165, 1.54) is 48.5 Å². The Morgan fingerprint density at radius 3 is 2.20 bits per heavy atom. The van der Waals surface area contributed by atoms with Crippen molar-refractivity contribution >= 4 is 77.8 Å². The Hall–Kier alpha value is -2.57. The second-order valence-corrected chi connectivity index (χ2v) is 11.9. The second kappa shape index (κ2) is 10.6. The van der Waals surface area contributed by atoms with Gasteiger partial charge in [-0.2, -0.15) is 0 Å². The number of hydrogen-bond acceptors (Lipinski definition) is 5. The molecule has 0 spiro atoms. The van der Waals surface area contributed by atoms with Crippen molar-refractivity contribution in [3.8, 4) is 0 Å². The highest BCUT2D eigenvalue weighted by Gasteiger charge is 2.22. The fraction of sp³-hybridized carbons (Fsp3) is 0.0952. The molecule has 0 saturated heterocycles. The molecule has 1 amide bonds. The Kier molecular flexibility index (Phi) is 8.17. The molecule has 3 aromatic carbocycles. The van der Waals surface area contributed by atoms with Gasteiger partial charge in [0.05, 0.1) is 37.6 Å². The first kappa shape index (κ1) is 27.0. The second-order valence-electron chi connectivity index (χ2n) is 7.15. The maximum atomic E-state index is 13.4. The van der Waals surface area contributed by atoms with Crippen molar-refractivity contribution < 1.29 is 26.0 Å². The molecule has 0 fully saturated rings. The van der Waals surface area contributed by atoms with Gasteiger partial charge in [0.25, 0.3) is 10.0 Å². The largest absolute Gasteiger partial charge is 0.325 e. The molecule has 0 aliphatic carbocycles. The zero-order valence-corrected chi connectivity index (χ0v) is 21.7. The van der Waals surface area contributed by atoms with Crippen molar-refractivity contribution in [2.45, 2.75) is 4.90 Å². The third kappa shape index (κ3) is 6.77. The number of hydrogen-bond donors (Lipinski definition) is 2. The van der Waals surface area contributed by atoms with Gasteiger partial charge >= 0.3 is 0 Å². The molecule has 3 rings (SSSR count). The zero-order valence-electron chi connectivity index (χ0n) is 17.8. The zero-order chi connectivity index (χ0) is 26.0. The van der Waals surface area contributed by atoms with E-state index in [9.17, 15) is 26.0 Å². The van der Waals surface area contributed by atoms with Crippen molar-refractivity contribution in [3.63, 3.8) is 0 Å². The molecule has 8 nitrogen and oxygen atoms in total. The summed E-state index contributed by atoms with van der Waals surface area (Å²) < 4.78 is 66.2. The minimum Gasteiger partial charge on any atom is -0.325 e. The molecule has 0 aliphatic rings. The Labute approximate surface area is 216 Å². The SMILES string of the molecule is CS(=O)(=O)N(CC(=O)Nc1ccc(S(=O)(=O)Nc2cccc(Cl)c2Cl)cc1)c1ccc(F)c(Cl)c1. The van der Waals surface area contributed by atoms with Gasteiger partial charge in [0.15, 0.2) is 0 Å². The smallest absolute Gasteiger partial charge is 0.261 e. The highest BCUT2D eigenvalue weighted by molar-refractivity contribution is 7.92. The molecule has 0 bridgehead atoms. The van der Waals surface area contributed by atoms with Crippen molar-refractivity contribution in [3.05, 3.63) is 81.5 Å². The van der Waals surface area contributed by atoms with Crippen LogP contribution < -0.4 is 14.3 Å². The molecule has 0 atom stereocenters. The highest BCUT2D eigenvalue weighted by Crippen LogP contribution is 2.31. The number of halogens is 4. The Balaban J connectivity index is 1.74. The van der Waals surface area contributed by atoms with Crippen LogP contribution in [-0.4, -0.2) is 35.5 Å². The lowest BCUT2D eigenvalue weighted by Gasteiger charge is -2.22. The fourth-order valence-corrected chi connectivity index (χ4v) is 5.37. The number of benzene rings is 3. The molecule has 0 aromatic heterocycles. The number of carbonyl (C=O) groups is 1. The molecule has 3 aromatic rings. The molecule has 14 heteroatoms. The van der Waals surface area contributed by atoms with E-state index in [0.717, 1.165) is 22.7 Å². The van der Waals surface area contributed by atoms with Crippen LogP contribution in [-0.2, 0) is 24.8 Å². The monoisotopic (exact) mass is 579 g/mol. The van der Waals surface area contributed by atoms with Crippen molar-refractivity contribution in [1.82, 2.24) is 0 Å². The summed E-state index contributed by atoms with van der Waals surface area (Å²) in [7, 11) is -7.93. The Morgan fingerprint density at radius 1 is 0.943 bits per heavy atom. The molecule has 35 heavy (non-hydrogen) atoms. The Morgan fingerprint density at radius 2 is 1.60 bits per heavy atom. The molecule has 2 N–H and O–H groups in total. The van der Waals surface area contributed by atoms with Gasteiger partial charge in [-0.15, -0.1) is 0 Å². The number of nitrogens with one attached hydrogen (secondary N) is 2. The van der Waals surface area contributed by atoms with Crippen LogP contribution in [0.3, 0.4) is 0 Å². The van der Waals surface area contributed by atoms with Crippen LogP contribution in [0, 0.1) is 5.82 Å². The lowest BCUT2D eigenvalue weighted by Crippen LogP contribution is -2.37. The molecule has 0 saturated carbocycles. The predicted octanol–water partition coefficient (Wildman–Crippen LogP) is 4.99. The number of sulfonamides is 2. The summed E-state index contributed by atoms with van der Waals surface area (Å²) >= 11 is 17.7. The predicted molar refractivity (Wildman–Crippen MR) is 136 cm³/mol. The molecule has 0 radical (unpaired) electrons. The van der Waals surface area contributed by atoms with E-state index in [2.05, 4.69) is 10.0 Å². The quantitative estimate of drug-likeness (QED) is 0.390. The van der Waals surface area contributed by atoms with E-state index < -0.39 is 38.3 Å². The molecular formula is C21H17Cl3FN3O5S2. The number of anilines is 3. The van der Waals surface area contributed by atoms with Crippen LogP contribution in [0.25, 0.3) is 0 Å². The average Bonchev–Trinajstić information content (AvgIpc) is 2.77. The fourth-order valence-electron chi connectivity index (χ4n) is 2.87. The summed E-state index contributed by atoms with van der Waals surface area (Å²) in [6, 6.07) is 12.9. The van der Waals surface area contributed by atoms with Gasteiger partial charge < -0.3 is 5.32 Å². The van der Waals surface area contributed by atoms with Gasteiger partial charge in [0, 0.05) is 5.69 Å². The maximum Gasteiger partial charge on any atom is 0.261 e. The number of carbonyl (C=O) groups excluding carboxylic acids is 1. The summed E-state index contributed by atoms with van der Waals surface area (Å²) in [6.07, 6.45) is 0.885. The molecule has 186 valence electrons. The van der Waals surface area contributed by atoms with Crippen molar-refractivity contribution in [2.75, 3.05) is 27.1 Å². The van der Waals surface area contributed by atoms with Gasteiger partial charge in [-0.1, -0.05) is 40.9 Å². The van der Waals surface area contributed by atoms with Crippen LogP contribution in [0.4, 0.5) is 21.5 Å². The minimum atomic E-state index is -4.02. The van der Waals surface area contributed by atoms with E-state index in [4.69, 9.17) is 34.8 Å². The lowest BCUT2D eigenvalue weighted by molar-refractivity contribution is -0.114. The maximum absolute atomic E-state index is 13.4. The van der Waals surface area contributed by atoms with Crippen LogP contribution in [0.1, 0.15) is 0 Å². The number of rotatable bonds is 8. The van der Waals surface area contributed by atoms with E-state index in [-0.39, 0.29) is 37.0 Å². The van der Waals surface area contributed by atoms with Crippen LogP contribution >= 0.6 is 34.8 Å². The number of nitrogens with zero attached hydrogens (tertiary/aromatic N) is 1. The van der Waals surface area contributed by atoms with E-state index >= 15 is 0 Å². The van der Waals surface area contributed by atoms with Crippen LogP contribution in [0.2, 0.25) is 15.1 Å². The number of amides is 1. The highest BCUT2D eigenvalue weighted by atomic mass is 35.5. The molecule has 0 aliphatic heterocycles. The first-order valence-electron chi connectivity index (χ1n) is 9.57.